The second-order valence-electron chi connectivity index (χ2n) is 5.49. The maximum absolute atomic E-state index is 13.5. The number of carbonyl (C=O) groups excluding carboxylic acids is 2. The Hall–Kier alpha value is -3.04. The highest BCUT2D eigenvalue weighted by Crippen LogP contribution is 2.13. The molecule has 0 unspecified atom stereocenters. The minimum atomic E-state index is -3.83. The number of carbonyl (C=O) groups is 2. The van der Waals surface area contributed by atoms with Crippen LogP contribution in [-0.2, 0) is 24.3 Å². The van der Waals surface area contributed by atoms with E-state index in [4.69, 9.17) is 9.88 Å². The molecule has 142 valence electrons. The van der Waals surface area contributed by atoms with Gasteiger partial charge in [-0.05, 0) is 43.3 Å². The average Bonchev–Trinajstić information content (AvgIpc) is 2.60. The van der Waals surface area contributed by atoms with Crippen LogP contribution in [0.15, 0.2) is 59.5 Å². The molecule has 3 N–H and O–H groups in total. The molecule has 0 aliphatic carbocycles. The van der Waals surface area contributed by atoms with Crippen molar-refractivity contribution in [2.45, 2.75) is 17.9 Å². The van der Waals surface area contributed by atoms with Crippen LogP contribution in [0.3, 0.4) is 0 Å². The first-order chi connectivity index (χ1) is 12.7. The van der Waals surface area contributed by atoms with E-state index in [0.29, 0.717) is 5.69 Å². The Kier molecular flexibility index (Phi) is 6.43. The van der Waals surface area contributed by atoms with Gasteiger partial charge in [0, 0.05) is 17.3 Å². The fourth-order valence-corrected chi connectivity index (χ4v) is 2.52. The van der Waals surface area contributed by atoms with Crippen molar-refractivity contribution in [3.8, 4) is 0 Å². The van der Waals surface area contributed by atoms with Crippen LogP contribution in [-0.4, -0.2) is 26.4 Å². The summed E-state index contributed by atoms with van der Waals surface area (Å²) in [4.78, 5) is 23.7. The van der Waals surface area contributed by atoms with Gasteiger partial charge in [-0.2, -0.15) is 0 Å². The maximum atomic E-state index is 13.5. The van der Waals surface area contributed by atoms with E-state index >= 15 is 0 Å². The third-order valence-corrected chi connectivity index (χ3v) is 4.35. The molecule has 0 heterocycles. The molecular weight excluding hydrogens is 375 g/mol. The van der Waals surface area contributed by atoms with Crippen LogP contribution in [0.1, 0.15) is 12.5 Å². The Morgan fingerprint density at radius 1 is 1.15 bits per heavy atom. The minimum Gasteiger partial charge on any atom is -0.449 e. The first kappa shape index (κ1) is 20.3. The van der Waals surface area contributed by atoms with Crippen molar-refractivity contribution in [1.82, 2.24) is 0 Å². The lowest BCUT2D eigenvalue weighted by molar-refractivity contribution is -0.148. The lowest BCUT2D eigenvalue weighted by Gasteiger charge is -2.12. The summed E-state index contributed by atoms with van der Waals surface area (Å²) in [7, 11) is -3.83. The molecule has 2 aromatic carbocycles. The highest BCUT2D eigenvalue weighted by Gasteiger charge is 2.17. The van der Waals surface area contributed by atoms with Crippen molar-refractivity contribution in [2.75, 3.05) is 5.32 Å². The summed E-state index contributed by atoms with van der Waals surface area (Å²) >= 11 is 0. The summed E-state index contributed by atoms with van der Waals surface area (Å²) < 4.78 is 40.8. The van der Waals surface area contributed by atoms with E-state index in [0.717, 1.165) is 6.08 Å². The monoisotopic (exact) mass is 392 g/mol. The molecule has 0 saturated carbocycles. The molecule has 1 amide bonds. The largest absolute Gasteiger partial charge is 0.449 e. The number of sulfonamides is 1. The summed E-state index contributed by atoms with van der Waals surface area (Å²) in [5, 5.41) is 7.46. The van der Waals surface area contributed by atoms with Crippen molar-refractivity contribution in [1.29, 1.82) is 0 Å². The maximum Gasteiger partial charge on any atom is 0.331 e. The third kappa shape index (κ3) is 6.01. The van der Waals surface area contributed by atoms with E-state index in [1.54, 1.807) is 6.07 Å². The molecule has 0 radical (unpaired) electrons. The van der Waals surface area contributed by atoms with Crippen LogP contribution in [0, 0.1) is 5.82 Å². The van der Waals surface area contributed by atoms with E-state index in [1.807, 2.05) is 0 Å². The topological polar surface area (TPSA) is 116 Å². The number of anilines is 1. The smallest absolute Gasteiger partial charge is 0.331 e. The number of amides is 1. The molecule has 0 spiro atoms. The highest BCUT2D eigenvalue weighted by molar-refractivity contribution is 7.89. The second kappa shape index (κ2) is 8.56. The van der Waals surface area contributed by atoms with Crippen molar-refractivity contribution >= 4 is 33.7 Å². The van der Waals surface area contributed by atoms with Gasteiger partial charge in [-0.25, -0.2) is 22.7 Å². The molecule has 2 aromatic rings. The molecule has 7 nitrogen and oxygen atoms in total. The Morgan fingerprint density at radius 2 is 1.78 bits per heavy atom. The predicted molar refractivity (Wildman–Crippen MR) is 97.4 cm³/mol. The van der Waals surface area contributed by atoms with Crippen LogP contribution in [0.4, 0.5) is 10.1 Å². The molecule has 0 saturated heterocycles. The lowest BCUT2D eigenvalue weighted by atomic mass is 10.2. The van der Waals surface area contributed by atoms with E-state index in [-0.39, 0.29) is 10.5 Å². The SMILES string of the molecule is C[C@@H](OC(=O)/C=C/c1ccccc1F)C(=O)Nc1ccc(S(N)(=O)=O)cc1. The summed E-state index contributed by atoms with van der Waals surface area (Å²) in [5.41, 5.74) is 0.513. The molecule has 0 aliphatic heterocycles. The Bertz CT molecular complexity index is 972. The van der Waals surface area contributed by atoms with Crippen LogP contribution in [0.25, 0.3) is 6.08 Å². The number of halogens is 1. The van der Waals surface area contributed by atoms with Crippen molar-refractivity contribution in [3.05, 3.63) is 66.0 Å². The number of hydrogen-bond acceptors (Lipinski definition) is 5. The van der Waals surface area contributed by atoms with Gasteiger partial charge in [0.05, 0.1) is 4.90 Å². The number of nitrogens with one attached hydrogen (secondary N) is 1. The van der Waals surface area contributed by atoms with Gasteiger partial charge < -0.3 is 10.1 Å². The van der Waals surface area contributed by atoms with Gasteiger partial charge in [0.1, 0.15) is 5.82 Å². The molecule has 2 rings (SSSR count). The molecule has 27 heavy (non-hydrogen) atoms. The molecule has 0 fully saturated rings. The van der Waals surface area contributed by atoms with Gasteiger partial charge in [0.25, 0.3) is 5.91 Å². The van der Waals surface area contributed by atoms with Crippen LogP contribution in [0.2, 0.25) is 0 Å². The van der Waals surface area contributed by atoms with Crippen LogP contribution < -0.4 is 10.5 Å². The lowest BCUT2D eigenvalue weighted by Crippen LogP contribution is -2.29. The minimum absolute atomic E-state index is 0.0988. The van der Waals surface area contributed by atoms with E-state index in [9.17, 15) is 22.4 Å². The van der Waals surface area contributed by atoms with Crippen molar-refractivity contribution in [3.63, 3.8) is 0 Å². The number of hydrogen-bond donors (Lipinski definition) is 2. The average molecular weight is 392 g/mol. The molecule has 9 heteroatoms. The zero-order chi connectivity index (χ0) is 20.0. The third-order valence-electron chi connectivity index (χ3n) is 3.42. The number of benzene rings is 2. The summed E-state index contributed by atoms with van der Waals surface area (Å²) in [6, 6.07) is 11.0. The van der Waals surface area contributed by atoms with Gasteiger partial charge in [0.2, 0.25) is 10.0 Å². The molecule has 0 aliphatic rings. The number of ether oxygens (including phenoxy) is 1. The van der Waals surface area contributed by atoms with Crippen molar-refractivity contribution < 1.29 is 27.1 Å². The first-order valence-electron chi connectivity index (χ1n) is 7.74. The Labute approximate surface area is 155 Å². The first-order valence-corrected chi connectivity index (χ1v) is 9.28. The van der Waals surface area contributed by atoms with Gasteiger partial charge in [-0.15, -0.1) is 0 Å². The van der Waals surface area contributed by atoms with Gasteiger partial charge in [-0.1, -0.05) is 18.2 Å². The van der Waals surface area contributed by atoms with Crippen molar-refractivity contribution in [2.24, 2.45) is 5.14 Å². The summed E-state index contributed by atoms with van der Waals surface area (Å²) in [5.74, 6) is -1.92. The summed E-state index contributed by atoms with van der Waals surface area (Å²) in [6.45, 7) is 1.36. The highest BCUT2D eigenvalue weighted by atomic mass is 32.2. The van der Waals surface area contributed by atoms with E-state index < -0.39 is 33.8 Å². The Morgan fingerprint density at radius 3 is 2.37 bits per heavy atom. The number of nitrogens with two attached hydrogens (primary N) is 1. The number of rotatable bonds is 6. The summed E-state index contributed by atoms with van der Waals surface area (Å²) in [6.07, 6.45) is 1.14. The van der Waals surface area contributed by atoms with Gasteiger partial charge >= 0.3 is 5.97 Å². The molecule has 1 atom stereocenters. The predicted octanol–water partition coefficient (Wildman–Crippen LogP) is 2.06. The zero-order valence-corrected chi connectivity index (χ0v) is 15.1. The molecule has 0 aromatic heterocycles. The zero-order valence-electron chi connectivity index (χ0n) is 14.3. The van der Waals surface area contributed by atoms with Crippen LogP contribution in [0.5, 0.6) is 0 Å². The number of esters is 1. The van der Waals surface area contributed by atoms with Gasteiger partial charge in [0.15, 0.2) is 6.10 Å². The van der Waals surface area contributed by atoms with Crippen LogP contribution >= 0.6 is 0 Å². The normalized spacial score (nSPS) is 12.6. The fourth-order valence-electron chi connectivity index (χ4n) is 2.01. The quantitative estimate of drug-likeness (QED) is 0.577. The van der Waals surface area contributed by atoms with E-state index in [2.05, 4.69) is 5.32 Å². The fraction of sp³-hybridized carbons (Fsp3) is 0.111. The molecule has 0 bridgehead atoms. The second-order valence-corrected chi connectivity index (χ2v) is 7.05. The Balaban J connectivity index is 1.93. The molecular formula is C18H17FN2O5S. The van der Waals surface area contributed by atoms with Gasteiger partial charge in [-0.3, -0.25) is 4.79 Å². The van der Waals surface area contributed by atoms with E-state index in [1.165, 1.54) is 55.5 Å². The standard InChI is InChI=1S/C18H17FN2O5S/c1-12(26-17(22)11-6-13-4-2-3-5-16(13)19)18(23)21-14-7-9-15(10-8-14)27(20,24)25/h2-12H,1H3,(H,21,23)(H2,20,24,25)/b11-6+/t12-/m1/s1. The number of primary sulfonamides is 1.